The molecule has 31 heavy (non-hydrogen) atoms. The van der Waals surface area contributed by atoms with Crippen molar-refractivity contribution < 1.29 is 22.8 Å². The highest BCUT2D eigenvalue weighted by Gasteiger charge is 2.30. The number of aromatic nitrogens is 2. The molecule has 6 nitrogen and oxygen atoms in total. The number of benzene rings is 1. The number of halogens is 3. The molecular formula is C22H27F3N4O2. The molecule has 1 fully saturated rings. The van der Waals surface area contributed by atoms with Crippen LogP contribution in [0.25, 0.3) is 0 Å². The molecule has 1 saturated heterocycles. The number of aryl methyl sites for hydroxylation is 2. The zero-order valence-electron chi connectivity index (χ0n) is 17.7. The minimum atomic E-state index is -4.39. The fourth-order valence-corrected chi connectivity index (χ4v) is 3.77. The van der Waals surface area contributed by atoms with Gasteiger partial charge in [0.1, 0.15) is 5.69 Å². The number of amides is 2. The van der Waals surface area contributed by atoms with Crippen LogP contribution in [0.5, 0.6) is 0 Å². The summed E-state index contributed by atoms with van der Waals surface area (Å²) in [6, 6.07) is 6.47. The number of likely N-dealkylation sites (tertiary alicyclic amines) is 1. The number of carbonyl (C=O) groups is 2. The van der Waals surface area contributed by atoms with E-state index in [-0.39, 0.29) is 24.2 Å². The predicted molar refractivity (Wildman–Crippen MR) is 109 cm³/mol. The van der Waals surface area contributed by atoms with Crippen molar-refractivity contribution in [2.45, 2.75) is 38.8 Å². The summed E-state index contributed by atoms with van der Waals surface area (Å²) in [7, 11) is 1.74. The first-order valence-electron chi connectivity index (χ1n) is 10.4. The molecule has 2 amide bonds. The highest BCUT2D eigenvalue weighted by Crippen LogP contribution is 2.29. The maximum absolute atomic E-state index is 12.7. The molecule has 1 N–H and O–H groups in total. The first-order valence-corrected chi connectivity index (χ1v) is 10.4. The van der Waals surface area contributed by atoms with Crippen molar-refractivity contribution in [1.29, 1.82) is 0 Å². The van der Waals surface area contributed by atoms with E-state index >= 15 is 0 Å². The lowest BCUT2D eigenvalue weighted by Gasteiger charge is -2.17. The Morgan fingerprint density at radius 3 is 2.58 bits per heavy atom. The SMILES string of the molecule is CCCc1cc(C(=O)NC[C@@H]2CCN(C(=O)Cc3ccc(C(F)(F)F)cc3)C2)n(C)n1. The Morgan fingerprint density at radius 1 is 1.23 bits per heavy atom. The van der Waals surface area contributed by atoms with E-state index in [4.69, 9.17) is 0 Å². The average molecular weight is 436 g/mol. The van der Waals surface area contributed by atoms with Gasteiger partial charge in [-0.2, -0.15) is 18.3 Å². The maximum Gasteiger partial charge on any atom is 0.416 e. The summed E-state index contributed by atoms with van der Waals surface area (Å²) in [5, 5.41) is 7.26. The number of hydrogen-bond donors (Lipinski definition) is 1. The van der Waals surface area contributed by atoms with E-state index in [0.29, 0.717) is 30.9 Å². The van der Waals surface area contributed by atoms with Crippen LogP contribution in [-0.2, 0) is 30.9 Å². The Kier molecular flexibility index (Phi) is 7.02. The summed E-state index contributed by atoms with van der Waals surface area (Å²) < 4.78 is 39.5. The van der Waals surface area contributed by atoms with E-state index in [2.05, 4.69) is 17.3 Å². The monoisotopic (exact) mass is 436 g/mol. The van der Waals surface area contributed by atoms with E-state index in [0.717, 1.165) is 37.1 Å². The second-order valence-electron chi connectivity index (χ2n) is 7.97. The second kappa shape index (κ2) is 9.53. The molecule has 0 radical (unpaired) electrons. The zero-order chi connectivity index (χ0) is 22.6. The van der Waals surface area contributed by atoms with Gasteiger partial charge in [-0.3, -0.25) is 14.3 Å². The highest BCUT2D eigenvalue weighted by molar-refractivity contribution is 5.92. The van der Waals surface area contributed by atoms with Crippen LogP contribution in [0.2, 0.25) is 0 Å². The molecule has 0 aliphatic carbocycles. The van der Waals surface area contributed by atoms with Gasteiger partial charge in [0.05, 0.1) is 17.7 Å². The van der Waals surface area contributed by atoms with Gasteiger partial charge in [0, 0.05) is 26.7 Å². The largest absolute Gasteiger partial charge is 0.416 e. The van der Waals surface area contributed by atoms with E-state index in [1.807, 2.05) is 0 Å². The summed E-state index contributed by atoms with van der Waals surface area (Å²) in [5.41, 5.74) is 1.22. The number of nitrogens with zero attached hydrogens (tertiary/aromatic N) is 3. The van der Waals surface area contributed by atoms with Gasteiger partial charge in [-0.15, -0.1) is 0 Å². The molecule has 2 aromatic rings. The lowest BCUT2D eigenvalue weighted by Crippen LogP contribution is -2.34. The smallest absolute Gasteiger partial charge is 0.350 e. The number of rotatable bonds is 7. The summed E-state index contributed by atoms with van der Waals surface area (Å²) in [6.45, 7) is 3.61. The third kappa shape index (κ3) is 5.86. The summed E-state index contributed by atoms with van der Waals surface area (Å²) in [4.78, 5) is 26.7. The fourth-order valence-electron chi connectivity index (χ4n) is 3.77. The third-order valence-electron chi connectivity index (χ3n) is 5.50. The lowest BCUT2D eigenvalue weighted by molar-refractivity contribution is -0.137. The molecule has 0 bridgehead atoms. The van der Waals surface area contributed by atoms with Crippen LogP contribution in [0.4, 0.5) is 13.2 Å². The van der Waals surface area contributed by atoms with E-state index in [1.165, 1.54) is 12.1 Å². The molecule has 1 aromatic heterocycles. The van der Waals surface area contributed by atoms with Crippen LogP contribution < -0.4 is 5.32 Å². The van der Waals surface area contributed by atoms with Crippen molar-refractivity contribution in [3.63, 3.8) is 0 Å². The third-order valence-corrected chi connectivity index (χ3v) is 5.50. The van der Waals surface area contributed by atoms with Gasteiger partial charge in [0.15, 0.2) is 0 Å². The number of carbonyl (C=O) groups excluding carboxylic acids is 2. The topological polar surface area (TPSA) is 67.2 Å². The van der Waals surface area contributed by atoms with Gasteiger partial charge in [-0.05, 0) is 42.5 Å². The van der Waals surface area contributed by atoms with Crippen molar-refractivity contribution in [2.24, 2.45) is 13.0 Å². The number of alkyl halides is 3. The minimum Gasteiger partial charge on any atom is -0.350 e. The maximum atomic E-state index is 12.7. The molecule has 0 saturated carbocycles. The molecule has 1 aliphatic heterocycles. The molecule has 3 rings (SSSR count). The molecule has 1 aromatic carbocycles. The van der Waals surface area contributed by atoms with Crippen molar-refractivity contribution in [3.05, 3.63) is 52.8 Å². The Hall–Kier alpha value is -2.84. The zero-order valence-corrected chi connectivity index (χ0v) is 17.7. The minimum absolute atomic E-state index is 0.0619. The summed E-state index contributed by atoms with van der Waals surface area (Å²) in [6.07, 6.45) is -1.78. The Morgan fingerprint density at radius 2 is 1.94 bits per heavy atom. The van der Waals surface area contributed by atoms with Crippen molar-refractivity contribution in [3.8, 4) is 0 Å². The van der Waals surface area contributed by atoms with Crippen LogP contribution >= 0.6 is 0 Å². The Labute approximate surface area is 179 Å². The molecule has 0 spiro atoms. The van der Waals surface area contributed by atoms with E-state index in [9.17, 15) is 22.8 Å². The predicted octanol–water partition coefficient (Wildman–Crippen LogP) is 3.21. The van der Waals surface area contributed by atoms with Gasteiger partial charge in [0.2, 0.25) is 5.91 Å². The highest BCUT2D eigenvalue weighted by atomic mass is 19.4. The van der Waals surface area contributed by atoms with Crippen LogP contribution in [0, 0.1) is 5.92 Å². The number of nitrogens with one attached hydrogen (secondary N) is 1. The van der Waals surface area contributed by atoms with Crippen molar-refractivity contribution >= 4 is 11.8 Å². The van der Waals surface area contributed by atoms with Crippen molar-refractivity contribution in [2.75, 3.05) is 19.6 Å². The van der Waals surface area contributed by atoms with Gasteiger partial charge >= 0.3 is 6.18 Å². The molecule has 168 valence electrons. The molecule has 9 heteroatoms. The second-order valence-corrected chi connectivity index (χ2v) is 7.97. The van der Waals surface area contributed by atoms with Crippen LogP contribution in [-0.4, -0.2) is 46.1 Å². The van der Waals surface area contributed by atoms with E-state index in [1.54, 1.807) is 22.7 Å². The molecule has 2 heterocycles. The molecule has 1 atom stereocenters. The number of hydrogen-bond acceptors (Lipinski definition) is 3. The lowest BCUT2D eigenvalue weighted by atomic mass is 10.1. The standard InChI is InChI=1S/C22H27F3N4O2/c1-3-4-18-12-19(28(2)27-18)21(31)26-13-16-9-10-29(14-16)20(30)11-15-5-7-17(8-6-15)22(23,24)25/h5-8,12,16H,3-4,9-11,13-14H2,1-2H3,(H,26,31)/t16-/m0/s1. The molecular weight excluding hydrogens is 409 g/mol. The Balaban J connectivity index is 1.47. The normalized spacial score (nSPS) is 16.5. The van der Waals surface area contributed by atoms with Gasteiger partial charge < -0.3 is 10.2 Å². The summed E-state index contributed by atoms with van der Waals surface area (Å²) >= 11 is 0. The molecule has 1 aliphatic rings. The van der Waals surface area contributed by atoms with Crippen molar-refractivity contribution in [1.82, 2.24) is 20.0 Å². The van der Waals surface area contributed by atoms with Crippen LogP contribution in [0.15, 0.2) is 30.3 Å². The van der Waals surface area contributed by atoms with Gasteiger partial charge in [0.25, 0.3) is 5.91 Å². The first-order chi connectivity index (χ1) is 14.7. The summed E-state index contributed by atoms with van der Waals surface area (Å²) in [5.74, 6) is -0.167. The van der Waals surface area contributed by atoms with Gasteiger partial charge in [-0.1, -0.05) is 25.5 Å². The van der Waals surface area contributed by atoms with E-state index < -0.39 is 11.7 Å². The van der Waals surface area contributed by atoms with Crippen LogP contribution in [0.3, 0.4) is 0 Å². The first kappa shape index (κ1) is 22.8. The quantitative estimate of drug-likeness (QED) is 0.725. The fraction of sp³-hybridized carbons (Fsp3) is 0.500. The van der Waals surface area contributed by atoms with Gasteiger partial charge in [-0.25, -0.2) is 0 Å². The average Bonchev–Trinajstić information content (AvgIpc) is 3.33. The van der Waals surface area contributed by atoms with Crippen LogP contribution in [0.1, 0.15) is 47.1 Å². The Bertz CT molecular complexity index is 922. The molecule has 0 unspecified atom stereocenters.